The van der Waals surface area contributed by atoms with Crippen LogP contribution in [0.3, 0.4) is 0 Å². The van der Waals surface area contributed by atoms with Gasteiger partial charge in [0.15, 0.2) is 0 Å². The molecule has 0 amide bonds. The Morgan fingerprint density at radius 2 is 2.13 bits per heavy atom. The van der Waals surface area contributed by atoms with E-state index in [1.165, 1.54) is 15.6 Å². The van der Waals surface area contributed by atoms with Gasteiger partial charge >= 0.3 is 0 Å². The summed E-state index contributed by atoms with van der Waals surface area (Å²) in [5, 5.41) is 3.33. The van der Waals surface area contributed by atoms with Crippen LogP contribution in [0.25, 0.3) is 0 Å². The van der Waals surface area contributed by atoms with Gasteiger partial charge in [-0.1, -0.05) is 28.1 Å². The summed E-state index contributed by atoms with van der Waals surface area (Å²) in [7, 11) is 1.72. The second-order valence-corrected chi connectivity index (χ2v) is 4.44. The minimum atomic E-state index is 0.773. The lowest BCUT2D eigenvalue weighted by molar-refractivity contribution is 0.199. The van der Waals surface area contributed by atoms with Crippen molar-refractivity contribution in [2.75, 3.05) is 26.8 Å². The SMILES string of the molecule is COCCNCCc1ccc(C)cc1Br. The quantitative estimate of drug-likeness (QED) is 0.803. The summed E-state index contributed by atoms with van der Waals surface area (Å²) in [6.07, 6.45) is 1.05. The Morgan fingerprint density at radius 1 is 1.33 bits per heavy atom. The lowest BCUT2D eigenvalue weighted by Gasteiger charge is -2.06. The second-order valence-electron chi connectivity index (χ2n) is 3.59. The smallest absolute Gasteiger partial charge is 0.0587 e. The molecule has 0 bridgehead atoms. The molecule has 15 heavy (non-hydrogen) atoms. The number of aryl methyl sites for hydroxylation is 1. The molecular weight excluding hydrogens is 254 g/mol. The first-order chi connectivity index (χ1) is 7.24. The molecule has 0 heterocycles. The van der Waals surface area contributed by atoms with Gasteiger partial charge in [-0.3, -0.25) is 0 Å². The number of nitrogens with one attached hydrogen (secondary N) is 1. The van der Waals surface area contributed by atoms with Crippen molar-refractivity contribution in [1.29, 1.82) is 0 Å². The van der Waals surface area contributed by atoms with Crippen molar-refractivity contribution in [3.8, 4) is 0 Å². The Balaban J connectivity index is 2.31. The van der Waals surface area contributed by atoms with Crippen molar-refractivity contribution in [2.45, 2.75) is 13.3 Å². The molecule has 0 aliphatic rings. The minimum Gasteiger partial charge on any atom is -0.383 e. The van der Waals surface area contributed by atoms with Crippen LogP contribution in [-0.2, 0) is 11.2 Å². The van der Waals surface area contributed by atoms with Crippen molar-refractivity contribution >= 4 is 15.9 Å². The normalized spacial score (nSPS) is 10.6. The van der Waals surface area contributed by atoms with Crippen LogP contribution in [0.15, 0.2) is 22.7 Å². The van der Waals surface area contributed by atoms with E-state index < -0.39 is 0 Å². The van der Waals surface area contributed by atoms with E-state index in [2.05, 4.69) is 46.4 Å². The van der Waals surface area contributed by atoms with Crippen LogP contribution in [0.4, 0.5) is 0 Å². The number of hydrogen-bond acceptors (Lipinski definition) is 2. The molecule has 0 saturated carbocycles. The maximum atomic E-state index is 4.96. The number of ether oxygens (including phenoxy) is 1. The molecule has 0 aliphatic heterocycles. The molecule has 2 nitrogen and oxygen atoms in total. The molecule has 84 valence electrons. The second kappa shape index (κ2) is 6.99. The van der Waals surface area contributed by atoms with Gasteiger partial charge in [-0.05, 0) is 37.1 Å². The van der Waals surface area contributed by atoms with Crippen LogP contribution >= 0.6 is 15.9 Å². The van der Waals surface area contributed by atoms with E-state index in [-0.39, 0.29) is 0 Å². The third-order valence-electron chi connectivity index (χ3n) is 2.26. The Hall–Kier alpha value is -0.380. The van der Waals surface area contributed by atoms with E-state index in [1.54, 1.807) is 7.11 Å². The number of benzene rings is 1. The van der Waals surface area contributed by atoms with Crippen LogP contribution in [0.2, 0.25) is 0 Å². The molecule has 1 aromatic carbocycles. The van der Waals surface area contributed by atoms with Crippen molar-refractivity contribution in [3.63, 3.8) is 0 Å². The van der Waals surface area contributed by atoms with E-state index in [4.69, 9.17) is 4.74 Å². The van der Waals surface area contributed by atoms with Crippen LogP contribution in [0, 0.1) is 6.92 Å². The number of hydrogen-bond donors (Lipinski definition) is 1. The van der Waals surface area contributed by atoms with E-state index >= 15 is 0 Å². The summed E-state index contributed by atoms with van der Waals surface area (Å²) in [6.45, 7) is 4.78. The molecule has 3 heteroatoms. The molecule has 0 aromatic heterocycles. The molecule has 1 rings (SSSR count). The standard InChI is InChI=1S/C12H18BrNO/c1-10-3-4-11(12(13)9-10)5-6-14-7-8-15-2/h3-4,9,14H,5-8H2,1-2H3. The number of halogens is 1. The van der Waals surface area contributed by atoms with Crippen LogP contribution in [0.1, 0.15) is 11.1 Å². The van der Waals surface area contributed by atoms with Gasteiger partial charge in [0.2, 0.25) is 0 Å². The van der Waals surface area contributed by atoms with Gasteiger partial charge < -0.3 is 10.1 Å². The Labute approximate surface area is 100 Å². The lowest BCUT2D eigenvalue weighted by Crippen LogP contribution is -2.21. The van der Waals surface area contributed by atoms with Crippen LogP contribution in [0.5, 0.6) is 0 Å². The molecule has 1 aromatic rings. The van der Waals surface area contributed by atoms with Crippen molar-refractivity contribution in [1.82, 2.24) is 5.32 Å². The van der Waals surface area contributed by atoms with Gasteiger partial charge in [0.25, 0.3) is 0 Å². The van der Waals surface area contributed by atoms with Crippen molar-refractivity contribution in [3.05, 3.63) is 33.8 Å². The highest BCUT2D eigenvalue weighted by Crippen LogP contribution is 2.18. The first-order valence-electron chi connectivity index (χ1n) is 5.18. The van der Waals surface area contributed by atoms with E-state index in [0.717, 1.165) is 26.1 Å². The highest BCUT2D eigenvalue weighted by molar-refractivity contribution is 9.10. The lowest BCUT2D eigenvalue weighted by atomic mass is 10.1. The van der Waals surface area contributed by atoms with Gasteiger partial charge in [0.05, 0.1) is 6.61 Å². The zero-order chi connectivity index (χ0) is 11.1. The molecule has 0 saturated heterocycles. The van der Waals surface area contributed by atoms with Crippen molar-refractivity contribution < 1.29 is 4.74 Å². The Bertz CT molecular complexity index is 302. The summed E-state index contributed by atoms with van der Waals surface area (Å²) in [4.78, 5) is 0. The highest BCUT2D eigenvalue weighted by atomic mass is 79.9. The molecule has 0 spiro atoms. The molecule has 0 radical (unpaired) electrons. The van der Waals surface area contributed by atoms with Gasteiger partial charge in [0, 0.05) is 18.1 Å². The zero-order valence-corrected chi connectivity index (χ0v) is 10.9. The fraction of sp³-hybridized carbons (Fsp3) is 0.500. The first kappa shape index (κ1) is 12.7. The van der Waals surface area contributed by atoms with E-state index in [0.29, 0.717) is 0 Å². The molecular formula is C12H18BrNO. The van der Waals surface area contributed by atoms with Gasteiger partial charge in [-0.2, -0.15) is 0 Å². The summed E-state index contributed by atoms with van der Waals surface area (Å²) in [5.74, 6) is 0. The zero-order valence-electron chi connectivity index (χ0n) is 9.35. The maximum absolute atomic E-state index is 4.96. The van der Waals surface area contributed by atoms with Crippen LogP contribution < -0.4 is 5.32 Å². The molecule has 0 atom stereocenters. The summed E-state index contributed by atoms with van der Waals surface area (Å²) in [5.41, 5.74) is 2.64. The predicted octanol–water partition coefficient (Wildman–Crippen LogP) is 2.54. The summed E-state index contributed by atoms with van der Waals surface area (Å²) >= 11 is 3.58. The third-order valence-corrected chi connectivity index (χ3v) is 3.00. The molecule has 1 N–H and O–H groups in total. The topological polar surface area (TPSA) is 21.3 Å². The molecule has 0 unspecified atom stereocenters. The summed E-state index contributed by atoms with van der Waals surface area (Å²) < 4.78 is 6.17. The number of rotatable bonds is 6. The number of methoxy groups -OCH3 is 1. The van der Waals surface area contributed by atoms with E-state index in [9.17, 15) is 0 Å². The Kier molecular flexibility index (Phi) is 5.91. The predicted molar refractivity (Wildman–Crippen MR) is 67.3 cm³/mol. The highest BCUT2D eigenvalue weighted by Gasteiger charge is 1.99. The fourth-order valence-corrected chi connectivity index (χ4v) is 2.07. The van der Waals surface area contributed by atoms with Gasteiger partial charge in [-0.25, -0.2) is 0 Å². The molecule has 0 aliphatic carbocycles. The molecule has 0 fully saturated rings. The van der Waals surface area contributed by atoms with Crippen LogP contribution in [-0.4, -0.2) is 26.8 Å². The minimum absolute atomic E-state index is 0.773. The van der Waals surface area contributed by atoms with E-state index in [1.807, 2.05) is 0 Å². The Morgan fingerprint density at radius 3 is 2.80 bits per heavy atom. The van der Waals surface area contributed by atoms with Gasteiger partial charge in [0.1, 0.15) is 0 Å². The third kappa shape index (κ3) is 4.78. The first-order valence-corrected chi connectivity index (χ1v) is 5.98. The average Bonchev–Trinajstić information content (AvgIpc) is 2.20. The largest absolute Gasteiger partial charge is 0.383 e. The maximum Gasteiger partial charge on any atom is 0.0587 e. The monoisotopic (exact) mass is 271 g/mol. The van der Waals surface area contributed by atoms with Crippen molar-refractivity contribution in [2.24, 2.45) is 0 Å². The average molecular weight is 272 g/mol. The summed E-state index contributed by atoms with van der Waals surface area (Å²) in [6, 6.07) is 6.48. The fourth-order valence-electron chi connectivity index (χ4n) is 1.38. The van der Waals surface area contributed by atoms with Gasteiger partial charge in [-0.15, -0.1) is 0 Å².